The highest BCUT2D eigenvalue weighted by molar-refractivity contribution is 6.30. The van der Waals surface area contributed by atoms with Crippen molar-refractivity contribution in [1.82, 2.24) is 10.2 Å². The van der Waals surface area contributed by atoms with Crippen LogP contribution < -0.4 is 10.1 Å². The average molecular weight is 297 g/mol. The fourth-order valence-corrected chi connectivity index (χ4v) is 3.45. The number of hydrogen-bond acceptors (Lipinski definition) is 4. The topological polar surface area (TPSA) is 33.7 Å². The second-order valence-electron chi connectivity index (χ2n) is 5.83. The molecule has 0 spiro atoms. The molecule has 2 unspecified atom stereocenters. The molecule has 0 aliphatic carbocycles. The molecule has 5 heteroatoms. The molecule has 2 heterocycles. The maximum absolute atomic E-state index is 6.21. The maximum Gasteiger partial charge on any atom is 0.189 e. The summed E-state index contributed by atoms with van der Waals surface area (Å²) in [6.07, 6.45) is 0. The normalized spacial score (nSPS) is 26.9. The molecule has 4 nitrogen and oxygen atoms in total. The SMILES string of the molecule is CC1CN(Cc2cc(Cl)cc3c2OCOC3)CC(C)N1. The monoisotopic (exact) mass is 296 g/mol. The molecule has 2 aliphatic heterocycles. The summed E-state index contributed by atoms with van der Waals surface area (Å²) in [5, 5.41) is 4.30. The molecule has 0 amide bonds. The van der Waals surface area contributed by atoms with Crippen LogP contribution in [0.5, 0.6) is 5.75 Å². The Morgan fingerprint density at radius 3 is 2.80 bits per heavy atom. The second-order valence-corrected chi connectivity index (χ2v) is 6.26. The quantitative estimate of drug-likeness (QED) is 0.908. The van der Waals surface area contributed by atoms with Crippen LogP contribution in [-0.2, 0) is 17.9 Å². The molecule has 110 valence electrons. The zero-order chi connectivity index (χ0) is 14.1. The molecule has 1 N–H and O–H groups in total. The lowest BCUT2D eigenvalue weighted by molar-refractivity contribution is -0.0176. The van der Waals surface area contributed by atoms with Crippen molar-refractivity contribution in [2.45, 2.75) is 39.1 Å². The highest BCUT2D eigenvalue weighted by Crippen LogP contribution is 2.32. The summed E-state index contributed by atoms with van der Waals surface area (Å²) in [5.74, 6) is 0.958. The first-order valence-corrected chi connectivity index (χ1v) is 7.50. The molecule has 0 aromatic heterocycles. The van der Waals surface area contributed by atoms with Gasteiger partial charge in [0.2, 0.25) is 0 Å². The lowest BCUT2D eigenvalue weighted by Gasteiger charge is -2.36. The van der Waals surface area contributed by atoms with Gasteiger partial charge in [0, 0.05) is 47.9 Å². The molecule has 0 saturated carbocycles. The number of nitrogens with one attached hydrogen (secondary N) is 1. The molecule has 2 aliphatic rings. The molecule has 0 bridgehead atoms. The lowest BCUT2D eigenvalue weighted by Crippen LogP contribution is -2.53. The summed E-state index contributed by atoms with van der Waals surface area (Å²) < 4.78 is 11.0. The van der Waals surface area contributed by atoms with Gasteiger partial charge in [0.15, 0.2) is 6.79 Å². The Labute approximate surface area is 125 Å². The van der Waals surface area contributed by atoms with Crippen molar-refractivity contribution in [3.63, 3.8) is 0 Å². The van der Waals surface area contributed by atoms with Crippen LogP contribution in [0.1, 0.15) is 25.0 Å². The van der Waals surface area contributed by atoms with Crippen LogP contribution in [0.25, 0.3) is 0 Å². The number of hydrogen-bond donors (Lipinski definition) is 1. The van der Waals surface area contributed by atoms with E-state index in [-0.39, 0.29) is 0 Å². The predicted molar refractivity (Wildman–Crippen MR) is 79.1 cm³/mol. The first-order valence-electron chi connectivity index (χ1n) is 7.12. The third-order valence-electron chi connectivity index (χ3n) is 3.78. The van der Waals surface area contributed by atoms with E-state index in [9.17, 15) is 0 Å². The Morgan fingerprint density at radius 2 is 2.05 bits per heavy atom. The Morgan fingerprint density at radius 1 is 1.30 bits per heavy atom. The number of ether oxygens (including phenoxy) is 2. The van der Waals surface area contributed by atoms with Crippen LogP contribution in [0.2, 0.25) is 5.02 Å². The van der Waals surface area contributed by atoms with E-state index in [4.69, 9.17) is 21.1 Å². The summed E-state index contributed by atoms with van der Waals surface area (Å²) in [4.78, 5) is 2.45. The largest absolute Gasteiger partial charge is 0.467 e. The molecular formula is C15H21ClN2O2. The minimum absolute atomic E-state index is 0.329. The maximum atomic E-state index is 6.21. The fraction of sp³-hybridized carbons (Fsp3) is 0.600. The molecule has 1 aromatic rings. The summed E-state index contributed by atoms with van der Waals surface area (Å²) in [5.41, 5.74) is 2.21. The van der Waals surface area contributed by atoms with E-state index in [0.29, 0.717) is 25.5 Å². The number of benzene rings is 1. The van der Waals surface area contributed by atoms with Gasteiger partial charge in [-0.2, -0.15) is 0 Å². The molecule has 1 aromatic carbocycles. The third-order valence-corrected chi connectivity index (χ3v) is 4.00. The Balaban J connectivity index is 1.81. The Bertz CT molecular complexity index is 485. The van der Waals surface area contributed by atoms with Crippen molar-refractivity contribution in [2.75, 3.05) is 19.9 Å². The van der Waals surface area contributed by atoms with Gasteiger partial charge in [-0.1, -0.05) is 11.6 Å². The van der Waals surface area contributed by atoms with Crippen LogP contribution in [0.3, 0.4) is 0 Å². The van der Waals surface area contributed by atoms with E-state index in [1.54, 1.807) is 0 Å². The van der Waals surface area contributed by atoms with Gasteiger partial charge in [-0.15, -0.1) is 0 Å². The van der Waals surface area contributed by atoms with Gasteiger partial charge in [-0.25, -0.2) is 0 Å². The smallest absolute Gasteiger partial charge is 0.189 e. The van der Waals surface area contributed by atoms with Crippen molar-refractivity contribution in [2.24, 2.45) is 0 Å². The lowest BCUT2D eigenvalue weighted by atomic mass is 10.1. The summed E-state index contributed by atoms with van der Waals surface area (Å²) in [6.45, 7) is 8.32. The van der Waals surface area contributed by atoms with Gasteiger partial charge in [0.25, 0.3) is 0 Å². The molecule has 1 fully saturated rings. The molecule has 0 radical (unpaired) electrons. The number of fused-ring (bicyclic) bond motifs is 1. The third kappa shape index (κ3) is 3.09. The molecule has 2 atom stereocenters. The van der Waals surface area contributed by atoms with E-state index in [2.05, 4.69) is 24.1 Å². The standard InChI is InChI=1S/C15H21ClN2O2/c1-10-5-18(6-11(2)17-10)7-12-3-14(16)4-13-8-19-9-20-15(12)13/h3-4,10-11,17H,5-9H2,1-2H3. The number of piperazine rings is 1. The van der Waals surface area contributed by atoms with Crippen LogP contribution in [0.15, 0.2) is 12.1 Å². The van der Waals surface area contributed by atoms with E-state index in [1.807, 2.05) is 12.1 Å². The zero-order valence-corrected chi connectivity index (χ0v) is 12.7. The second kappa shape index (κ2) is 5.90. The van der Waals surface area contributed by atoms with Crippen molar-refractivity contribution < 1.29 is 9.47 Å². The van der Waals surface area contributed by atoms with Crippen molar-refractivity contribution in [1.29, 1.82) is 0 Å². The van der Waals surface area contributed by atoms with E-state index in [0.717, 1.165) is 41.5 Å². The van der Waals surface area contributed by atoms with Crippen molar-refractivity contribution >= 4 is 11.6 Å². The van der Waals surface area contributed by atoms with E-state index >= 15 is 0 Å². The van der Waals surface area contributed by atoms with Crippen molar-refractivity contribution in [3.8, 4) is 5.75 Å². The summed E-state index contributed by atoms with van der Waals surface area (Å²) >= 11 is 6.21. The zero-order valence-electron chi connectivity index (χ0n) is 12.0. The minimum atomic E-state index is 0.329. The highest BCUT2D eigenvalue weighted by Gasteiger charge is 2.23. The molecule has 3 rings (SSSR count). The Hall–Kier alpha value is -0.810. The first-order chi connectivity index (χ1) is 9.61. The van der Waals surface area contributed by atoms with Crippen LogP contribution in [0.4, 0.5) is 0 Å². The highest BCUT2D eigenvalue weighted by atomic mass is 35.5. The van der Waals surface area contributed by atoms with Crippen LogP contribution in [-0.4, -0.2) is 36.9 Å². The number of rotatable bonds is 2. The van der Waals surface area contributed by atoms with E-state index in [1.165, 1.54) is 0 Å². The molecule has 1 saturated heterocycles. The van der Waals surface area contributed by atoms with Gasteiger partial charge in [0.05, 0.1) is 6.61 Å². The minimum Gasteiger partial charge on any atom is -0.467 e. The van der Waals surface area contributed by atoms with Gasteiger partial charge in [0.1, 0.15) is 5.75 Å². The van der Waals surface area contributed by atoms with Crippen molar-refractivity contribution in [3.05, 3.63) is 28.3 Å². The van der Waals surface area contributed by atoms with E-state index < -0.39 is 0 Å². The number of halogens is 1. The first kappa shape index (κ1) is 14.1. The Kier molecular flexibility index (Phi) is 4.17. The summed E-state index contributed by atoms with van der Waals surface area (Å²) in [7, 11) is 0. The van der Waals surface area contributed by atoms with Crippen LogP contribution in [0, 0.1) is 0 Å². The van der Waals surface area contributed by atoms with Gasteiger partial charge in [-0.05, 0) is 26.0 Å². The predicted octanol–water partition coefficient (Wildman–Crippen LogP) is 2.39. The molecular weight excluding hydrogens is 276 g/mol. The number of nitrogens with zero attached hydrogens (tertiary/aromatic N) is 1. The fourth-order valence-electron chi connectivity index (χ4n) is 3.18. The van der Waals surface area contributed by atoms with Crippen LogP contribution >= 0.6 is 11.6 Å². The van der Waals surface area contributed by atoms with Gasteiger partial charge in [-0.3, -0.25) is 4.90 Å². The molecule has 20 heavy (non-hydrogen) atoms. The average Bonchev–Trinajstić information content (AvgIpc) is 2.37. The van der Waals surface area contributed by atoms with Gasteiger partial charge >= 0.3 is 0 Å². The summed E-state index contributed by atoms with van der Waals surface area (Å²) in [6, 6.07) is 4.97. The van der Waals surface area contributed by atoms with Gasteiger partial charge < -0.3 is 14.8 Å².